The molecule has 0 saturated carbocycles. The highest BCUT2D eigenvalue weighted by molar-refractivity contribution is 8.00. The molecular formula is C26H25N3O2S. The van der Waals surface area contributed by atoms with Crippen molar-refractivity contribution in [1.29, 1.82) is 0 Å². The molecule has 0 saturated heterocycles. The van der Waals surface area contributed by atoms with Crippen LogP contribution in [-0.4, -0.2) is 28.2 Å². The zero-order valence-electron chi connectivity index (χ0n) is 18.4. The monoisotopic (exact) mass is 443 g/mol. The second kappa shape index (κ2) is 9.83. The average Bonchev–Trinajstić information content (AvgIpc) is 2.77. The van der Waals surface area contributed by atoms with Crippen molar-refractivity contribution in [2.24, 2.45) is 0 Å². The van der Waals surface area contributed by atoms with Gasteiger partial charge < -0.3 is 10.1 Å². The van der Waals surface area contributed by atoms with Gasteiger partial charge in [0.2, 0.25) is 5.91 Å². The Labute approximate surface area is 192 Å². The fourth-order valence-electron chi connectivity index (χ4n) is 3.54. The molecule has 4 aromatic rings. The van der Waals surface area contributed by atoms with E-state index in [0.717, 1.165) is 44.1 Å². The maximum Gasteiger partial charge on any atom is 0.234 e. The molecule has 0 spiro atoms. The van der Waals surface area contributed by atoms with Gasteiger partial charge in [-0.05, 0) is 62.2 Å². The number of carbonyl (C=O) groups is 1. The quantitative estimate of drug-likeness (QED) is 0.278. The second-order valence-corrected chi connectivity index (χ2v) is 8.51. The van der Waals surface area contributed by atoms with Crippen molar-refractivity contribution >= 4 is 34.3 Å². The van der Waals surface area contributed by atoms with Crippen molar-refractivity contribution < 1.29 is 9.53 Å². The van der Waals surface area contributed by atoms with Crippen LogP contribution in [0.2, 0.25) is 0 Å². The standard InChI is InChI=1S/C26H25N3O2S/c1-4-31-21-10-11-23-22(15-21)26(29-25(28-23)19-8-6-5-7-9-19)32-16-24(30)27-20-13-17(2)12-18(3)14-20/h5-15H,4,16H2,1-3H3,(H,27,30). The number of nitrogens with one attached hydrogen (secondary N) is 1. The minimum atomic E-state index is -0.0750. The Hall–Kier alpha value is -3.38. The number of hydrogen-bond donors (Lipinski definition) is 1. The molecule has 3 aromatic carbocycles. The molecule has 0 unspecified atom stereocenters. The predicted octanol–water partition coefficient (Wildman–Crippen LogP) is 6.04. The number of carbonyl (C=O) groups excluding carboxylic acids is 1. The number of amides is 1. The molecule has 1 amide bonds. The van der Waals surface area contributed by atoms with Gasteiger partial charge in [-0.2, -0.15) is 0 Å². The predicted molar refractivity (Wildman–Crippen MR) is 131 cm³/mol. The zero-order valence-corrected chi connectivity index (χ0v) is 19.2. The van der Waals surface area contributed by atoms with Crippen molar-refractivity contribution in [2.75, 3.05) is 17.7 Å². The number of thioether (sulfide) groups is 1. The molecule has 5 nitrogen and oxygen atoms in total. The Morgan fingerprint density at radius 1 is 0.969 bits per heavy atom. The van der Waals surface area contributed by atoms with Gasteiger partial charge in [-0.1, -0.05) is 48.2 Å². The Kier molecular flexibility index (Phi) is 6.71. The Balaban J connectivity index is 1.62. The lowest BCUT2D eigenvalue weighted by atomic mass is 10.1. The summed E-state index contributed by atoms with van der Waals surface area (Å²) >= 11 is 1.40. The van der Waals surface area contributed by atoms with E-state index in [1.807, 2.05) is 81.4 Å². The van der Waals surface area contributed by atoms with Gasteiger partial charge in [0.05, 0.1) is 17.9 Å². The smallest absolute Gasteiger partial charge is 0.234 e. The summed E-state index contributed by atoms with van der Waals surface area (Å²) in [7, 11) is 0. The van der Waals surface area contributed by atoms with Crippen molar-refractivity contribution in [3.8, 4) is 17.1 Å². The molecule has 0 aliphatic heterocycles. The van der Waals surface area contributed by atoms with Crippen LogP contribution >= 0.6 is 11.8 Å². The van der Waals surface area contributed by atoms with E-state index in [1.54, 1.807) is 0 Å². The summed E-state index contributed by atoms with van der Waals surface area (Å²) in [5, 5.41) is 4.62. The molecule has 4 rings (SSSR count). The van der Waals surface area contributed by atoms with Crippen LogP contribution in [0.15, 0.2) is 71.8 Å². The van der Waals surface area contributed by atoms with Gasteiger partial charge in [-0.3, -0.25) is 4.79 Å². The van der Waals surface area contributed by atoms with Crippen LogP contribution in [-0.2, 0) is 4.79 Å². The highest BCUT2D eigenvalue weighted by atomic mass is 32.2. The van der Waals surface area contributed by atoms with E-state index in [0.29, 0.717) is 12.4 Å². The Morgan fingerprint density at radius 3 is 2.44 bits per heavy atom. The number of aromatic nitrogens is 2. The van der Waals surface area contributed by atoms with Gasteiger partial charge >= 0.3 is 0 Å². The third-order valence-corrected chi connectivity index (χ3v) is 5.81. The fourth-order valence-corrected chi connectivity index (χ4v) is 4.35. The maximum atomic E-state index is 12.7. The molecule has 6 heteroatoms. The highest BCUT2D eigenvalue weighted by Gasteiger charge is 2.13. The first-order valence-electron chi connectivity index (χ1n) is 10.5. The van der Waals surface area contributed by atoms with Crippen LogP contribution in [0.5, 0.6) is 5.75 Å². The number of benzene rings is 3. The third kappa shape index (κ3) is 5.26. The van der Waals surface area contributed by atoms with Crippen molar-refractivity contribution in [3.05, 3.63) is 77.9 Å². The summed E-state index contributed by atoms with van der Waals surface area (Å²) in [5.74, 6) is 1.57. The van der Waals surface area contributed by atoms with Crippen LogP contribution in [0.25, 0.3) is 22.3 Å². The number of fused-ring (bicyclic) bond motifs is 1. The van der Waals surface area contributed by atoms with Crippen LogP contribution in [0.1, 0.15) is 18.1 Å². The lowest BCUT2D eigenvalue weighted by molar-refractivity contribution is -0.113. The topological polar surface area (TPSA) is 64.1 Å². The first kappa shape index (κ1) is 21.8. The summed E-state index contributed by atoms with van der Waals surface area (Å²) in [5.41, 5.74) is 4.80. The number of nitrogens with zero attached hydrogens (tertiary/aromatic N) is 2. The number of hydrogen-bond acceptors (Lipinski definition) is 5. The molecule has 1 N–H and O–H groups in total. The lowest BCUT2D eigenvalue weighted by Gasteiger charge is -2.11. The minimum Gasteiger partial charge on any atom is -0.494 e. The van der Waals surface area contributed by atoms with Crippen LogP contribution in [0, 0.1) is 13.8 Å². The van der Waals surface area contributed by atoms with E-state index in [-0.39, 0.29) is 11.7 Å². The summed E-state index contributed by atoms with van der Waals surface area (Å²) in [6.07, 6.45) is 0. The number of aryl methyl sites for hydroxylation is 2. The van der Waals surface area contributed by atoms with Gasteiger partial charge in [-0.15, -0.1) is 0 Å². The fraction of sp³-hybridized carbons (Fsp3) is 0.192. The molecule has 0 bridgehead atoms. The van der Waals surface area contributed by atoms with Gasteiger partial charge in [0.1, 0.15) is 10.8 Å². The Bertz CT molecular complexity index is 1240. The molecule has 0 aliphatic carbocycles. The van der Waals surface area contributed by atoms with E-state index in [1.165, 1.54) is 11.8 Å². The van der Waals surface area contributed by atoms with E-state index >= 15 is 0 Å². The molecular weight excluding hydrogens is 418 g/mol. The van der Waals surface area contributed by atoms with E-state index < -0.39 is 0 Å². The number of ether oxygens (including phenoxy) is 1. The maximum absolute atomic E-state index is 12.7. The van der Waals surface area contributed by atoms with Crippen molar-refractivity contribution in [1.82, 2.24) is 9.97 Å². The van der Waals surface area contributed by atoms with Gasteiger partial charge in [0, 0.05) is 16.6 Å². The van der Waals surface area contributed by atoms with Crippen LogP contribution in [0.4, 0.5) is 5.69 Å². The SMILES string of the molecule is CCOc1ccc2nc(-c3ccccc3)nc(SCC(=O)Nc3cc(C)cc(C)c3)c2c1. The van der Waals surface area contributed by atoms with E-state index in [4.69, 9.17) is 14.7 Å². The molecule has 0 aliphatic rings. The molecule has 0 fully saturated rings. The molecule has 0 atom stereocenters. The normalized spacial score (nSPS) is 10.8. The number of anilines is 1. The summed E-state index contributed by atoms with van der Waals surface area (Å²) < 4.78 is 5.67. The van der Waals surface area contributed by atoms with Gasteiger partial charge in [-0.25, -0.2) is 9.97 Å². The molecule has 1 heterocycles. The summed E-state index contributed by atoms with van der Waals surface area (Å²) in [6, 6.07) is 21.7. The molecule has 1 aromatic heterocycles. The first-order chi connectivity index (χ1) is 15.5. The van der Waals surface area contributed by atoms with E-state index in [9.17, 15) is 4.79 Å². The van der Waals surface area contributed by atoms with Crippen LogP contribution in [0.3, 0.4) is 0 Å². The zero-order chi connectivity index (χ0) is 22.5. The van der Waals surface area contributed by atoms with Gasteiger partial charge in [0.25, 0.3) is 0 Å². The summed E-state index contributed by atoms with van der Waals surface area (Å²) in [4.78, 5) is 22.2. The first-order valence-corrected chi connectivity index (χ1v) is 11.5. The number of rotatable bonds is 7. The average molecular weight is 444 g/mol. The largest absolute Gasteiger partial charge is 0.494 e. The van der Waals surface area contributed by atoms with Crippen LogP contribution < -0.4 is 10.1 Å². The Morgan fingerprint density at radius 2 is 1.72 bits per heavy atom. The molecule has 162 valence electrons. The lowest BCUT2D eigenvalue weighted by Crippen LogP contribution is -2.14. The second-order valence-electron chi connectivity index (χ2n) is 7.54. The highest BCUT2D eigenvalue weighted by Crippen LogP contribution is 2.31. The van der Waals surface area contributed by atoms with Gasteiger partial charge in [0.15, 0.2) is 5.82 Å². The minimum absolute atomic E-state index is 0.0750. The van der Waals surface area contributed by atoms with E-state index in [2.05, 4.69) is 11.4 Å². The van der Waals surface area contributed by atoms with Crippen molar-refractivity contribution in [2.45, 2.75) is 25.8 Å². The third-order valence-electron chi connectivity index (χ3n) is 4.82. The summed E-state index contributed by atoms with van der Waals surface area (Å²) in [6.45, 7) is 6.57. The molecule has 0 radical (unpaired) electrons. The van der Waals surface area contributed by atoms with Crippen molar-refractivity contribution in [3.63, 3.8) is 0 Å². The molecule has 32 heavy (non-hydrogen) atoms.